The summed E-state index contributed by atoms with van der Waals surface area (Å²) >= 11 is 0. The van der Waals surface area contributed by atoms with Gasteiger partial charge in [-0.3, -0.25) is 4.79 Å². The van der Waals surface area contributed by atoms with Crippen LogP contribution in [-0.4, -0.2) is 25.3 Å². The Kier molecular flexibility index (Phi) is 3.06. The summed E-state index contributed by atoms with van der Waals surface area (Å²) in [5.74, 6) is 1.50. The minimum absolute atomic E-state index is 0.0124. The quantitative estimate of drug-likeness (QED) is 0.808. The first-order chi connectivity index (χ1) is 8.83. The SMILES string of the molecule is O=C(CNC1CC1)NCc1cccc2c1OCO2. The van der Waals surface area contributed by atoms with E-state index in [1.807, 2.05) is 18.2 Å². The van der Waals surface area contributed by atoms with Gasteiger partial charge in [0.25, 0.3) is 0 Å². The van der Waals surface area contributed by atoms with Gasteiger partial charge < -0.3 is 20.1 Å². The van der Waals surface area contributed by atoms with Crippen molar-refractivity contribution in [2.75, 3.05) is 13.3 Å². The molecule has 1 aliphatic carbocycles. The molecule has 2 N–H and O–H groups in total. The zero-order valence-corrected chi connectivity index (χ0v) is 10.1. The molecule has 0 saturated heterocycles. The average molecular weight is 248 g/mol. The van der Waals surface area contributed by atoms with Gasteiger partial charge in [-0.1, -0.05) is 12.1 Å². The zero-order chi connectivity index (χ0) is 12.4. The summed E-state index contributed by atoms with van der Waals surface area (Å²) in [6.45, 7) is 1.11. The van der Waals surface area contributed by atoms with E-state index in [2.05, 4.69) is 10.6 Å². The summed E-state index contributed by atoms with van der Waals surface area (Å²) in [5.41, 5.74) is 0.949. The van der Waals surface area contributed by atoms with Crippen LogP contribution in [0.25, 0.3) is 0 Å². The van der Waals surface area contributed by atoms with Gasteiger partial charge in [0.1, 0.15) is 0 Å². The van der Waals surface area contributed by atoms with E-state index in [1.165, 1.54) is 12.8 Å². The molecule has 0 radical (unpaired) electrons. The molecule has 0 unspecified atom stereocenters. The number of carbonyl (C=O) groups excluding carboxylic acids is 1. The number of carbonyl (C=O) groups is 1. The molecule has 1 amide bonds. The number of ether oxygens (including phenoxy) is 2. The third kappa shape index (κ3) is 2.56. The highest BCUT2D eigenvalue weighted by atomic mass is 16.7. The summed E-state index contributed by atoms with van der Waals surface area (Å²) in [6, 6.07) is 6.25. The second-order valence-corrected chi connectivity index (χ2v) is 4.58. The molecule has 5 nitrogen and oxygen atoms in total. The molecule has 3 rings (SSSR count). The van der Waals surface area contributed by atoms with E-state index in [0.717, 1.165) is 17.1 Å². The van der Waals surface area contributed by atoms with Crippen molar-refractivity contribution in [3.05, 3.63) is 23.8 Å². The molecular weight excluding hydrogens is 232 g/mol. The number of nitrogens with one attached hydrogen (secondary N) is 2. The molecule has 0 bridgehead atoms. The van der Waals surface area contributed by atoms with Crippen LogP contribution in [0.1, 0.15) is 18.4 Å². The van der Waals surface area contributed by atoms with Gasteiger partial charge in [0, 0.05) is 18.2 Å². The van der Waals surface area contributed by atoms with Crippen molar-refractivity contribution in [2.24, 2.45) is 0 Å². The number of rotatable bonds is 5. The minimum atomic E-state index is 0.0124. The number of para-hydroxylation sites is 1. The van der Waals surface area contributed by atoms with E-state index >= 15 is 0 Å². The van der Waals surface area contributed by atoms with Crippen molar-refractivity contribution in [1.82, 2.24) is 10.6 Å². The molecule has 1 heterocycles. The zero-order valence-electron chi connectivity index (χ0n) is 10.1. The van der Waals surface area contributed by atoms with Crippen LogP contribution in [0.5, 0.6) is 11.5 Å². The fourth-order valence-electron chi connectivity index (χ4n) is 1.91. The van der Waals surface area contributed by atoms with Crippen LogP contribution in [0.3, 0.4) is 0 Å². The summed E-state index contributed by atoms with van der Waals surface area (Å²) in [4.78, 5) is 11.6. The van der Waals surface area contributed by atoms with Crippen LogP contribution in [0.15, 0.2) is 18.2 Å². The molecule has 0 spiro atoms. The molecule has 1 aromatic carbocycles. The van der Waals surface area contributed by atoms with Crippen molar-refractivity contribution < 1.29 is 14.3 Å². The second-order valence-electron chi connectivity index (χ2n) is 4.58. The van der Waals surface area contributed by atoms with Gasteiger partial charge in [0.2, 0.25) is 12.7 Å². The van der Waals surface area contributed by atoms with Gasteiger partial charge in [-0.2, -0.15) is 0 Å². The molecule has 0 aromatic heterocycles. The second kappa shape index (κ2) is 4.86. The maximum Gasteiger partial charge on any atom is 0.234 e. The lowest BCUT2D eigenvalue weighted by Gasteiger charge is -2.08. The Bertz CT molecular complexity index is 458. The van der Waals surface area contributed by atoms with Crippen LogP contribution < -0.4 is 20.1 Å². The van der Waals surface area contributed by atoms with Crippen LogP contribution in [-0.2, 0) is 11.3 Å². The van der Waals surface area contributed by atoms with Gasteiger partial charge in [-0.25, -0.2) is 0 Å². The van der Waals surface area contributed by atoms with Gasteiger partial charge in [-0.05, 0) is 18.9 Å². The van der Waals surface area contributed by atoms with Crippen LogP contribution in [0.4, 0.5) is 0 Å². The monoisotopic (exact) mass is 248 g/mol. The van der Waals surface area contributed by atoms with Crippen molar-refractivity contribution in [3.8, 4) is 11.5 Å². The Morgan fingerprint density at radius 3 is 3.06 bits per heavy atom. The van der Waals surface area contributed by atoms with Gasteiger partial charge in [0.15, 0.2) is 11.5 Å². The van der Waals surface area contributed by atoms with Crippen molar-refractivity contribution in [2.45, 2.75) is 25.4 Å². The highest BCUT2D eigenvalue weighted by Crippen LogP contribution is 2.35. The molecule has 18 heavy (non-hydrogen) atoms. The topological polar surface area (TPSA) is 59.6 Å². The standard InChI is InChI=1S/C13H16N2O3/c16-12(7-14-10-4-5-10)15-6-9-2-1-3-11-13(9)18-8-17-11/h1-3,10,14H,4-8H2,(H,15,16). The van der Waals surface area contributed by atoms with E-state index in [-0.39, 0.29) is 12.7 Å². The molecule has 1 saturated carbocycles. The third-order valence-corrected chi connectivity index (χ3v) is 3.08. The highest BCUT2D eigenvalue weighted by molar-refractivity contribution is 5.78. The maximum absolute atomic E-state index is 11.6. The lowest BCUT2D eigenvalue weighted by Crippen LogP contribution is -2.34. The maximum atomic E-state index is 11.6. The normalized spacial score (nSPS) is 16.7. The Morgan fingerprint density at radius 1 is 1.33 bits per heavy atom. The first-order valence-electron chi connectivity index (χ1n) is 6.20. The lowest BCUT2D eigenvalue weighted by atomic mass is 10.2. The van der Waals surface area contributed by atoms with E-state index in [4.69, 9.17) is 9.47 Å². The minimum Gasteiger partial charge on any atom is -0.454 e. The average Bonchev–Trinajstić information content (AvgIpc) is 3.09. The fourth-order valence-corrected chi connectivity index (χ4v) is 1.91. The fraction of sp³-hybridized carbons (Fsp3) is 0.462. The van der Waals surface area contributed by atoms with Gasteiger partial charge in [0.05, 0.1) is 6.54 Å². The van der Waals surface area contributed by atoms with Gasteiger partial charge >= 0.3 is 0 Å². The van der Waals surface area contributed by atoms with Crippen molar-refractivity contribution >= 4 is 5.91 Å². The van der Waals surface area contributed by atoms with Gasteiger partial charge in [-0.15, -0.1) is 0 Å². The number of amides is 1. The molecule has 0 atom stereocenters. The molecule has 1 aliphatic heterocycles. The molecule has 2 aliphatic rings. The Morgan fingerprint density at radius 2 is 2.22 bits per heavy atom. The molecular formula is C13H16N2O3. The predicted octanol–water partition coefficient (Wildman–Crippen LogP) is 0.783. The highest BCUT2D eigenvalue weighted by Gasteiger charge is 2.21. The molecule has 1 fully saturated rings. The third-order valence-electron chi connectivity index (χ3n) is 3.08. The molecule has 96 valence electrons. The Labute approximate surface area is 105 Å². The predicted molar refractivity (Wildman–Crippen MR) is 65.4 cm³/mol. The number of hydrogen-bond donors (Lipinski definition) is 2. The molecule has 1 aromatic rings. The first kappa shape index (κ1) is 11.3. The van der Waals surface area contributed by atoms with E-state index in [1.54, 1.807) is 0 Å². The van der Waals surface area contributed by atoms with E-state index in [0.29, 0.717) is 19.1 Å². The molecule has 5 heteroatoms. The summed E-state index contributed by atoms with van der Waals surface area (Å²) in [6.07, 6.45) is 2.37. The number of fused-ring (bicyclic) bond motifs is 1. The first-order valence-corrected chi connectivity index (χ1v) is 6.20. The largest absolute Gasteiger partial charge is 0.454 e. The van der Waals surface area contributed by atoms with Crippen LogP contribution in [0.2, 0.25) is 0 Å². The van der Waals surface area contributed by atoms with Crippen molar-refractivity contribution in [3.63, 3.8) is 0 Å². The smallest absolute Gasteiger partial charge is 0.234 e. The van der Waals surface area contributed by atoms with E-state index in [9.17, 15) is 4.79 Å². The summed E-state index contributed by atoms with van der Waals surface area (Å²) in [5, 5.41) is 6.05. The summed E-state index contributed by atoms with van der Waals surface area (Å²) in [7, 11) is 0. The van der Waals surface area contributed by atoms with Crippen molar-refractivity contribution in [1.29, 1.82) is 0 Å². The Balaban J connectivity index is 1.53. The number of hydrogen-bond acceptors (Lipinski definition) is 4. The number of benzene rings is 1. The Hall–Kier alpha value is -1.75. The van der Waals surface area contributed by atoms with Crippen LogP contribution in [0, 0.1) is 0 Å². The van der Waals surface area contributed by atoms with Crippen LogP contribution >= 0.6 is 0 Å². The lowest BCUT2D eigenvalue weighted by molar-refractivity contribution is -0.120. The summed E-state index contributed by atoms with van der Waals surface area (Å²) < 4.78 is 10.7. The van der Waals surface area contributed by atoms with E-state index < -0.39 is 0 Å².